The van der Waals surface area contributed by atoms with Crippen LogP contribution in [-0.2, 0) is 10.9 Å². The normalized spacial score (nSPS) is 16.8. The third kappa shape index (κ3) is 4.39. The summed E-state index contributed by atoms with van der Waals surface area (Å²) in [4.78, 5) is 20.8. The van der Waals surface area contributed by atoms with Crippen LogP contribution in [0.2, 0.25) is 0 Å². The Kier molecular flexibility index (Phi) is 5.65. The molecular formula is C19H16F4N6O2. The number of carbonyl (C=O) groups excluding carboxylic acids is 1. The van der Waals surface area contributed by atoms with Crippen LogP contribution >= 0.6 is 0 Å². The van der Waals surface area contributed by atoms with E-state index in [-0.39, 0.29) is 17.4 Å². The molecule has 0 unspecified atom stereocenters. The molecule has 1 aliphatic heterocycles. The number of nitrogens with zero attached hydrogens (tertiary/aromatic N) is 4. The highest BCUT2D eigenvalue weighted by atomic mass is 19.4. The summed E-state index contributed by atoms with van der Waals surface area (Å²) in [6.45, 7) is 1.62. The van der Waals surface area contributed by atoms with Crippen molar-refractivity contribution in [1.82, 2.24) is 25.5 Å². The average molecular weight is 436 g/mol. The molecule has 1 saturated heterocycles. The van der Waals surface area contributed by atoms with Crippen LogP contribution in [0.4, 0.5) is 29.1 Å². The molecule has 3 aromatic rings. The molecule has 12 heteroatoms. The van der Waals surface area contributed by atoms with Crippen LogP contribution in [0.25, 0.3) is 0 Å². The number of morpholine rings is 1. The second kappa shape index (κ2) is 8.40. The lowest BCUT2D eigenvalue weighted by Gasteiger charge is -2.26. The van der Waals surface area contributed by atoms with E-state index < -0.39 is 29.4 Å². The molecule has 1 aromatic carbocycles. The van der Waals surface area contributed by atoms with Crippen LogP contribution in [0.15, 0.2) is 43.0 Å². The minimum Gasteiger partial charge on any atom is -0.371 e. The predicted octanol–water partition coefficient (Wildman–Crippen LogP) is 3.00. The number of benzene rings is 1. The monoisotopic (exact) mass is 436 g/mol. The van der Waals surface area contributed by atoms with Crippen molar-refractivity contribution in [3.05, 3.63) is 65.6 Å². The summed E-state index contributed by atoms with van der Waals surface area (Å²) in [5.41, 5.74) is -1.07. The highest BCUT2D eigenvalue weighted by Gasteiger charge is 2.35. The van der Waals surface area contributed by atoms with Gasteiger partial charge in [0.15, 0.2) is 11.5 Å². The summed E-state index contributed by atoms with van der Waals surface area (Å²) >= 11 is 0. The number of anilines is 2. The molecule has 0 spiro atoms. The van der Waals surface area contributed by atoms with Crippen molar-refractivity contribution in [2.75, 3.05) is 24.6 Å². The molecule has 0 bridgehead atoms. The van der Waals surface area contributed by atoms with Gasteiger partial charge in [0.1, 0.15) is 5.82 Å². The van der Waals surface area contributed by atoms with Gasteiger partial charge in [-0.15, -0.1) is 0 Å². The van der Waals surface area contributed by atoms with E-state index >= 15 is 4.39 Å². The zero-order chi connectivity index (χ0) is 22.0. The Balaban J connectivity index is 1.77. The Bertz CT molecular complexity index is 1070. The van der Waals surface area contributed by atoms with Crippen molar-refractivity contribution < 1.29 is 27.1 Å². The SMILES string of the molecule is O=C(c1cn[nH]c1)N(c1cncc(C(F)(F)F)n1)c1ccc([C@H]2CNCCO2)cc1F. The van der Waals surface area contributed by atoms with E-state index in [9.17, 15) is 18.0 Å². The van der Waals surface area contributed by atoms with Crippen LogP contribution in [-0.4, -0.2) is 45.8 Å². The third-order valence-electron chi connectivity index (χ3n) is 4.60. The first-order chi connectivity index (χ1) is 14.8. The first-order valence-electron chi connectivity index (χ1n) is 9.19. The lowest BCUT2D eigenvalue weighted by atomic mass is 10.1. The van der Waals surface area contributed by atoms with Gasteiger partial charge in [-0.3, -0.25) is 19.8 Å². The van der Waals surface area contributed by atoms with Gasteiger partial charge < -0.3 is 10.1 Å². The molecule has 2 aromatic heterocycles. The lowest BCUT2D eigenvalue weighted by molar-refractivity contribution is -0.141. The fraction of sp³-hybridized carbons (Fsp3) is 0.263. The van der Waals surface area contributed by atoms with Crippen LogP contribution in [0.5, 0.6) is 0 Å². The maximum absolute atomic E-state index is 15.1. The van der Waals surface area contributed by atoms with E-state index in [1.807, 2.05) is 0 Å². The van der Waals surface area contributed by atoms with Crippen molar-refractivity contribution in [3.8, 4) is 0 Å². The first kappa shape index (κ1) is 20.9. The Morgan fingerprint density at radius 1 is 1.23 bits per heavy atom. The van der Waals surface area contributed by atoms with E-state index in [1.54, 1.807) is 6.07 Å². The second-order valence-electron chi connectivity index (χ2n) is 6.66. The van der Waals surface area contributed by atoms with Crippen molar-refractivity contribution in [1.29, 1.82) is 0 Å². The number of hydrogen-bond donors (Lipinski definition) is 2. The van der Waals surface area contributed by atoms with Gasteiger partial charge in [-0.25, -0.2) is 9.37 Å². The van der Waals surface area contributed by atoms with E-state index in [4.69, 9.17) is 4.74 Å². The van der Waals surface area contributed by atoms with Crippen molar-refractivity contribution in [2.24, 2.45) is 0 Å². The number of aromatic nitrogens is 4. The van der Waals surface area contributed by atoms with Gasteiger partial charge in [0.25, 0.3) is 5.91 Å². The van der Waals surface area contributed by atoms with Gasteiger partial charge in [-0.05, 0) is 17.7 Å². The zero-order valence-electron chi connectivity index (χ0n) is 15.9. The molecule has 162 valence electrons. The minimum absolute atomic E-state index is 0.00232. The summed E-state index contributed by atoms with van der Waals surface area (Å²) < 4.78 is 60.1. The molecule has 0 aliphatic carbocycles. The van der Waals surface area contributed by atoms with Gasteiger partial charge in [-0.1, -0.05) is 6.07 Å². The summed E-state index contributed by atoms with van der Waals surface area (Å²) in [7, 11) is 0. The lowest BCUT2D eigenvalue weighted by Crippen LogP contribution is -2.33. The van der Waals surface area contributed by atoms with Crippen LogP contribution in [0.3, 0.4) is 0 Å². The number of carbonyl (C=O) groups is 1. The number of aromatic amines is 1. The van der Waals surface area contributed by atoms with Crippen molar-refractivity contribution in [3.63, 3.8) is 0 Å². The molecule has 3 heterocycles. The largest absolute Gasteiger partial charge is 0.434 e. The Morgan fingerprint density at radius 3 is 2.71 bits per heavy atom. The molecule has 2 N–H and O–H groups in total. The maximum atomic E-state index is 15.1. The molecular weight excluding hydrogens is 420 g/mol. The number of H-pyrrole nitrogens is 1. The van der Waals surface area contributed by atoms with E-state index in [0.717, 1.165) is 11.1 Å². The number of nitrogens with one attached hydrogen (secondary N) is 2. The molecule has 1 amide bonds. The number of amides is 1. The topological polar surface area (TPSA) is 96.0 Å². The van der Waals surface area contributed by atoms with Gasteiger partial charge >= 0.3 is 6.18 Å². The molecule has 1 aliphatic rings. The standard InChI is InChI=1S/C19H16F4N6O2/c20-13-5-11(15-8-24-3-4-31-15)1-2-14(13)29(18(30)12-6-26-27-7-12)17-10-25-9-16(28-17)19(21,22)23/h1-2,5-7,9-10,15,24H,3-4,8H2,(H,26,27)/t15-/m1/s1. The maximum Gasteiger partial charge on any atom is 0.434 e. The average Bonchev–Trinajstić information content (AvgIpc) is 3.30. The number of halogens is 4. The molecule has 31 heavy (non-hydrogen) atoms. The van der Waals surface area contributed by atoms with Gasteiger partial charge in [0.2, 0.25) is 0 Å². The summed E-state index contributed by atoms with van der Waals surface area (Å²) in [5.74, 6) is -2.14. The zero-order valence-corrected chi connectivity index (χ0v) is 15.9. The number of alkyl halides is 3. The smallest absolute Gasteiger partial charge is 0.371 e. The third-order valence-corrected chi connectivity index (χ3v) is 4.60. The van der Waals surface area contributed by atoms with E-state index in [2.05, 4.69) is 25.5 Å². The highest BCUT2D eigenvalue weighted by molar-refractivity contribution is 6.10. The molecule has 8 nitrogen and oxygen atoms in total. The van der Waals surface area contributed by atoms with Crippen LogP contribution in [0.1, 0.15) is 27.7 Å². The molecule has 0 radical (unpaired) electrons. The number of hydrogen-bond acceptors (Lipinski definition) is 6. The quantitative estimate of drug-likeness (QED) is 0.611. The van der Waals surface area contributed by atoms with Crippen molar-refractivity contribution >= 4 is 17.4 Å². The van der Waals surface area contributed by atoms with Gasteiger partial charge in [0.05, 0.1) is 42.6 Å². The predicted molar refractivity (Wildman–Crippen MR) is 100 cm³/mol. The van der Waals surface area contributed by atoms with E-state index in [0.29, 0.717) is 31.5 Å². The van der Waals surface area contributed by atoms with Crippen LogP contribution < -0.4 is 10.2 Å². The van der Waals surface area contributed by atoms with Gasteiger partial charge in [-0.2, -0.15) is 18.3 Å². The summed E-state index contributed by atoms with van der Waals surface area (Å²) in [6.07, 6.45) is -1.29. The Morgan fingerprint density at radius 2 is 2.06 bits per heavy atom. The Labute approximate surface area is 173 Å². The Hall–Kier alpha value is -3.38. The molecule has 1 atom stereocenters. The molecule has 0 saturated carbocycles. The van der Waals surface area contributed by atoms with E-state index in [1.165, 1.54) is 24.5 Å². The first-order valence-corrected chi connectivity index (χ1v) is 9.19. The van der Waals surface area contributed by atoms with Gasteiger partial charge in [0, 0.05) is 19.3 Å². The van der Waals surface area contributed by atoms with Crippen LogP contribution in [0, 0.1) is 5.82 Å². The minimum atomic E-state index is -4.79. The fourth-order valence-corrected chi connectivity index (χ4v) is 3.12. The summed E-state index contributed by atoms with van der Waals surface area (Å²) in [5, 5.41) is 9.23. The molecule has 1 fully saturated rings. The fourth-order valence-electron chi connectivity index (χ4n) is 3.12. The highest BCUT2D eigenvalue weighted by Crippen LogP contribution is 2.33. The number of rotatable bonds is 4. The number of ether oxygens (including phenoxy) is 1. The molecule has 4 rings (SSSR count). The summed E-state index contributed by atoms with van der Waals surface area (Å²) in [6, 6.07) is 4.03. The second-order valence-corrected chi connectivity index (χ2v) is 6.66. The van der Waals surface area contributed by atoms with Crippen molar-refractivity contribution in [2.45, 2.75) is 12.3 Å².